The van der Waals surface area contributed by atoms with Crippen LogP contribution in [0.15, 0.2) is 116 Å². The molecule has 42 heavy (non-hydrogen) atoms. The number of benzene rings is 3. The number of aryl methyl sites for hydroxylation is 3. The van der Waals surface area contributed by atoms with E-state index in [1.165, 1.54) is 23.0 Å². The molecule has 5 rings (SSSR count). The lowest BCUT2D eigenvalue weighted by molar-refractivity contribution is 0.878. The Hall–Kier alpha value is -4.93. The lowest BCUT2D eigenvalue weighted by atomic mass is 10.2. The van der Waals surface area contributed by atoms with Crippen molar-refractivity contribution in [1.82, 2.24) is 24.5 Å². The molecule has 0 aliphatic heterocycles. The summed E-state index contributed by atoms with van der Waals surface area (Å²) in [6, 6.07) is 26.4. The first-order valence-corrected chi connectivity index (χ1v) is 13.9. The third-order valence-electron chi connectivity index (χ3n) is 5.38. The Balaban J connectivity index is 0.000000288. The molecule has 0 unspecified atom stereocenters. The maximum atomic E-state index is 5.72. The van der Waals surface area contributed by atoms with Crippen LogP contribution in [0.3, 0.4) is 0 Å². The Morgan fingerprint density at radius 3 is 1.74 bits per heavy atom. The molecule has 2 aromatic heterocycles. The van der Waals surface area contributed by atoms with Crippen molar-refractivity contribution in [2.45, 2.75) is 55.4 Å². The van der Waals surface area contributed by atoms with Gasteiger partial charge in [-0.3, -0.25) is 5.01 Å². The molecule has 2 N–H and O–H groups in total. The molecule has 7 nitrogen and oxygen atoms in total. The molecule has 7 heteroatoms. The second-order valence-electron chi connectivity index (χ2n) is 8.69. The van der Waals surface area contributed by atoms with Gasteiger partial charge in [0, 0.05) is 18.6 Å². The number of hydrogen-bond acceptors (Lipinski definition) is 5. The lowest BCUT2D eigenvalue weighted by Crippen LogP contribution is -2.23. The lowest BCUT2D eigenvalue weighted by Gasteiger charge is -2.13. The first-order valence-electron chi connectivity index (χ1n) is 13.9. The zero-order valence-electron chi connectivity index (χ0n) is 26.2. The van der Waals surface area contributed by atoms with E-state index < -0.39 is 0 Å². The molecule has 0 atom stereocenters. The summed E-state index contributed by atoms with van der Waals surface area (Å²) in [6.07, 6.45) is 10.7. The number of nitrogens with zero attached hydrogens (tertiary/aromatic N) is 6. The van der Waals surface area contributed by atoms with Gasteiger partial charge in [-0.2, -0.15) is 10.2 Å². The van der Waals surface area contributed by atoms with Gasteiger partial charge in [-0.1, -0.05) is 67.4 Å². The summed E-state index contributed by atoms with van der Waals surface area (Å²) < 4.78 is 3.58. The summed E-state index contributed by atoms with van der Waals surface area (Å²) >= 11 is 0. The zero-order valence-corrected chi connectivity index (χ0v) is 26.2. The van der Waals surface area contributed by atoms with Gasteiger partial charge < -0.3 is 0 Å². The van der Waals surface area contributed by atoms with Gasteiger partial charge in [0.25, 0.3) is 0 Å². The van der Waals surface area contributed by atoms with Crippen molar-refractivity contribution in [2.24, 2.45) is 5.84 Å². The van der Waals surface area contributed by atoms with Gasteiger partial charge >= 0.3 is 0 Å². The van der Waals surface area contributed by atoms with Crippen LogP contribution in [0, 0.1) is 32.6 Å². The van der Waals surface area contributed by atoms with E-state index in [1.54, 1.807) is 22.2 Å². The average molecular weight is 564 g/mol. The van der Waals surface area contributed by atoms with Crippen LogP contribution >= 0.6 is 0 Å². The van der Waals surface area contributed by atoms with E-state index in [9.17, 15) is 0 Å². The van der Waals surface area contributed by atoms with Gasteiger partial charge in [0.15, 0.2) is 0 Å². The Bertz CT molecular complexity index is 1360. The third-order valence-corrected chi connectivity index (χ3v) is 5.38. The van der Waals surface area contributed by atoms with Gasteiger partial charge in [-0.15, -0.1) is 11.8 Å². The van der Waals surface area contributed by atoms with Crippen molar-refractivity contribution >= 4 is 5.69 Å². The topological polar surface area (TPSA) is 77.8 Å². The molecule has 5 aromatic rings. The van der Waals surface area contributed by atoms with Crippen molar-refractivity contribution in [3.8, 4) is 23.2 Å². The third kappa shape index (κ3) is 13.4. The van der Waals surface area contributed by atoms with E-state index in [4.69, 9.17) is 5.84 Å². The molecule has 3 aromatic carbocycles. The largest absolute Gasteiger partial charge is 0.287 e. The number of anilines is 1. The Morgan fingerprint density at radius 1 is 0.738 bits per heavy atom. The summed E-state index contributed by atoms with van der Waals surface area (Å²) in [5, 5.41) is 9.76. The predicted molar refractivity (Wildman–Crippen MR) is 178 cm³/mol. The maximum absolute atomic E-state index is 5.72. The number of rotatable bonds is 4. The van der Waals surface area contributed by atoms with Crippen LogP contribution in [0.4, 0.5) is 5.69 Å². The molecule has 0 saturated carbocycles. The Kier molecular flexibility index (Phi) is 17.5. The van der Waals surface area contributed by atoms with Gasteiger partial charge in [-0.25, -0.2) is 20.2 Å². The molecular formula is C35H45N7. The molecular weight excluding hydrogens is 518 g/mol. The first kappa shape index (κ1) is 35.1. The second-order valence-corrected chi connectivity index (χ2v) is 8.69. The quantitative estimate of drug-likeness (QED) is 0.136. The predicted octanol–water partition coefficient (Wildman–Crippen LogP) is 8.02. The second kappa shape index (κ2) is 20.9. The van der Waals surface area contributed by atoms with Crippen LogP contribution < -0.4 is 10.9 Å². The summed E-state index contributed by atoms with van der Waals surface area (Å²) in [6.45, 7) is 15.8. The monoisotopic (exact) mass is 563 g/mol. The number of hydrazine groups is 1. The van der Waals surface area contributed by atoms with Crippen molar-refractivity contribution in [2.75, 3.05) is 5.01 Å². The maximum Gasteiger partial charge on any atom is 0.138 e. The van der Waals surface area contributed by atoms with Gasteiger partial charge in [-0.05, 0) is 89.6 Å². The zero-order chi connectivity index (χ0) is 31.2. The molecule has 0 saturated heterocycles. The normalized spacial score (nSPS) is 9.26. The first-order chi connectivity index (χ1) is 20.4. The smallest absolute Gasteiger partial charge is 0.138 e. The van der Waals surface area contributed by atoms with E-state index in [0.29, 0.717) is 0 Å². The SMILES string of the molecule is C/C=C\N(N)c1cccc(C)c1.CC.CC#CC.Cc1ccc(-n2cccn2)cc1.Cc1ccc(-n2cncn2)cc1. The standard InChI is InChI=1S/C10H10N2.C10H14N2.C9H9N3.C4H6.C2H6/c1-9-3-5-10(6-4-9)12-8-2-7-11-12;1-3-7-12(11)10-6-4-5-9(2)8-10;1-8-2-4-9(5-3-8)12-7-10-6-11-12;1-3-4-2;1-2/h2-8H,1H3;3-8H,11H2,1-2H3;2-7H,1H3;1-2H3;1-2H3/b;7-3-;;;. The minimum atomic E-state index is 1.01. The molecule has 0 aliphatic carbocycles. The minimum Gasteiger partial charge on any atom is -0.287 e. The van der Waals surface area contributed by atoms with Crippen LogP contribution in [-0.4, -0.2) is 24.5 Å². The number of allylic oxidation sites excluding steroid dienone is 1. The highest BCUT2D eigenvalue weighted by molar-refractivity contribution is 5.49. The van der Waals surface area contributed by atoms with E-state index in [-0.39, 0.29) is 0 Å². The van der Waals surface area contributed by atoms with Crippen molar-refractivity contribution in [3.63, 3.8) is 0 Å². The molecule has 0 amide bonds. The number of hydrogen-bond donors (Lipinski definition) is 1. The molecule has 2 heterocycles. The summed E-state index contributed by atoms with van der Waals surface area (Å²) in [5.74, 6) is 11.1. The van der Waals surface area contributed by atoms with Gasteiger partial charge in [0.2, 0.25) is 0 Å². The molecule has 220 valence electrons. The highest BCUT2D eigenvalue weighted by Gasteiger charge is 1.96. The van der Waals surface area contributed by atoms with Crippen LogP contribution in [0.25, 0.3) is 11.4 Å². The van der Waals surface area contributed by atoms with Crippen LogP contribution in [0.5, 0.6) is 0 Å². The van der Waals surface area contributed by atoms with Crippen molar-refractivity contribution in [1.29, 1.82) is 0 Å². The van der Waals surface area contributed by atoms with E-state index in [1.807, 2.05) is 107 Å². The molecule has 0 spiro atoms. The van der Waals surface area contributed by atoms with Crippen LogP contribution in [-0.2, 0) is 0 Å². The van der Waals surface area contributed by atoms with Gasteiger partial charge in [0.05, 0.1) is 17.1 Å². The fourth-order valence-electron chi connectivity index (χ4n) is 3.19. The highest BCUT2D eigenvalue weighted by atomic mass is 15.4. The Morgan fingerprint density at radius 2 is 1.31 bits per heavy atom. The summed E-state index contributed by atoms with van der Waals surface area (Å²) in [4.78, 5) is 3.87. The Labute approximate surface area is 252 Å². The van der Waals surface area contributed by atoms with E-state index in [2.05, 4.69) is 77.3 Å². The van der Waals surface area contributed by atoms with Crippen LogP contribution in [0.1, 0.15) is 51.3 Å². The van der Waals surface area contributed by atoms with E-state index in [0.717, 1.165) is 17.1 Å². The van der Waals surface area contributed by atoms with Gasteiger partial charge in [0.1, 0.15) is 12.7 Å². The number of aromatic nitrogens is 5. The summed E-state index contributed by atoms with van der Waals surface area (Å²) in [5.41, 5.74) is 6.88. The molecule has 0 radical (unpaired) electrons. The minimum absolute atomic E-state index is 1.01. The molecule has 0 aliphatic rings. The fourth-order valence-corrected chi connectivity index (χ4v) is 3.19. The highest BCUT2D eigenvalue weighted by Crippen LogP contribution is 2.12. The fraction of sp³-hybridized carbons (Fsp3) is 0.229. The average Bonchev–Trinajstić information content (AvgIpc) is 3.76. The van der Waals surface area contributed by atoms with Crippen molar-refractivity contribution < 1.29 is 0 Å². The molecule has 0 bridgehead atoms. The van der Waals surface area contributed by atoms with E-state index >= 15 is 0 Å². The van der Waals surface area contributed by atoms with Crippen molar-refractivity contribution in [3.05, 3.63) is 133 Å². The number of nitrogens with two attached hydrogens (primary N) is 1. The molecule has 0 fully saturated rings. The van der Waals surface area contributed by atoms with Crippen LogP contribution in [0.2, 0.25) is 0 Å². The summed E-state index contributed by atoms with van der Waals surface area (Å²) in [7, 11) is 0.